The van der Waals surface area contributed by atoms with Crippen LogP contribution in [0, 0.1) is 6.92 Å². The van der Waals surface area contributed by atoms with Gasteiger partial charge in [-0.05, 0) is 43.7 Å². The summed E-state index contributed by atoms with van der Waals surface area (Å²) in [6.45, 7) is 4.96. The van der Waals surface area contributed by atoms with E-state index in [-0.39, 0.29) is 11.9 Å². The van der Waals surface area contributed by atoms with E-state index in [2.05, 4.69) is 15.6 Å². The molecule has 1 heterocycles. The summed E-state index contributed by atoms with van der Waals surface area (Å²) in [4.78, 5) is 16.7. The molecule has 0 saturated heterocycles. The first-order valence-corrected chi connectivity index (χ1v) is 7.65. The number of carbonyl (C=O) groups is 1. The van der Waals surface area contributed by atoms with Gasteiger partial charge in [0.25, 0.3) is 5.91 Å². The van der Waals surface area contributed by atoms with Crippen LogP contribution in [0.4, 0.5) is 5.69 Å². The number of carbonyl (C=O) groups excluding carboxylic acids is 1. The van der Waals surface area contributed by atoms with Crippen LogP contribution in [-0.4, -0.2) is 30.6 Å². The van der Waals surface area contributed by atoms with Crippen LogP contribution in [0.1, 0.15) is 28.5 Å². The Bertz CT molecular complexity index is 644. The normalized spacial score (nSPS) is 11.8. The number of pyridine rings is 1. The van der Waals surface area contributed by atoms with Gasteiger partial charge in [0.05, 0.1) is 18.8 Å². The lowest BCUT2D eigenvalue weighted by Gasteiger charge is -2.16. The third-order valence-corrected chi connectivity index (χ3v) is 3.56. The molecular formula is C18H23N3O2. The number of nitrogens with one attached hydrogen (secondary N) is 2. The van der Waals surface area contributed by atoms with Crippen molar-refractivity contribution in [3.8, 4) is 0 Å². The van der Waals surface area contributed by atoms with Crippen molar-refractivity contribution in [2.75, 3.05) is 19.0 Å². The van der Waals surface area contributed by atoms with Gasteiger partial charge < -0.3 is 15.4 Å². The second-order valence-corrected chi connectivity index (χ2v) is 5.48. The number of aromatic nitrogens is 1. The van der Waals surface area contributed by atoms with Gasteiger partial charge in [0.1, 0.15) is 0 Å². The summed E-state index contributed by atoms with van der Waals surface area (Å²) in [5, 5.41) is 6.27. The van der Waals surface area contributed by atoms with E-state index in [0.717, 1.165) is 16.9 Å². The second-order valence-electron chi connectivity index (χ2n) is 5.48. The van der Waals surface area contributed by atoms with E-state index < -0.39 is 0 Å². The fourth-order valence-corrected chi connectivity index (χ4v) is 2.35. The van der Waals surface area contributed by atoms with E-state index in [1.807, 2.05) is 50.2 Å². The number of methoxy groups -OCH3 is 1. The van der Waals surface area contributed by atoms with Crippen LogP contribution in [-0.2, 0) is 11.3 Å². The van der Waals surface area contributed by atoms with Gasteiger partial charge in [-0.2, -0.15) is 0 Å². The number of hydrogen-bond donors (Lipinski definition) is 2. The number of anilines is 1. The van der Waals surface area contributed by atoms with Gasteiger partial charge in [-0.25, -0.2) is 0 Å². The first-order valence-electron chi connectivity index (χ1n) is 7.65. The predicted octanol–water partition coefficient (Wildman–Crippen LogP) is 2.77. The maximum atomic E-state index is 12.4. The second kappa shape index (κ2) is 8.29. The Morgan fingerprint density at radius 3 is 2.78 bits per heavy atom. The van der Waals surface area contributed by atoms with Crippen molar-refractivity contribution in [3.05, 3.63) is 59.4 Å². The fourth-order valence-electron chi connectivity index (χ4n) is 2.35. The average Bonchev–Trinajstić information content (AvgIpc) is 2.55. The Morgan fingerprint density at radius 1 is 1.26 bits per heavy atom. The van der Waals surface area contributed by atoms with Crippen LogP contribution in [0.3, 0.4) is 0 Å². The molecule has 0 aliphatic rings. The van der Waals surface area contributed by atoms with Crippen molar-refractivity contribution in [2.24, 2.45) is 0 Å². The van der Waals surface area contributed by atoms with Crippen LogP contribution in [0.2, 0.25) is 0 Å². The van der Waals surface area contributed by atoms with Crippen LogP contribution in [0.25, 0.3) is 0 Å². The van der Waals surface area contributed by atoms with Crippen molar-refractivity contribution in [2.45, 2.75) is 26.4 Å². The highest BCUT2D eigenvalue weighted by Gasteiger charge is 2.13. The molecule has 1 atom stereocenters. The SMILES string of the molecule is COC[C@H](C)NC(=O)c1cccc(NCc2ccccn2)c1C. The zero-order valence-corrected chi connectivity index (χ0v) is 13.8. The standard InChI is InChI=1S/C18H23N3O2/c1-13(12-23-3)21-18(22)16-8-6-9-17(14(16)2)20-11-15-7-4-5-10-19-15/h4-10,13,20H,11-12H2,1-3H3,(H,21,22)/t13-/m0/s1. The molecule has 0 spiro atoms. The van der Waals surface area contributed by atoms with Crippen molar-refractivity contribution in [1.29, 1.82) is 0 Å². The van der Waals surface area contributed by atoms with E-state index in [1.54, 1.807) is 13.3 Å². The molecule has 0 bridgehead atoms. The third kappa shape index (κ3) is 4.79. The van der Waals surface area contributed by atoms with E-state index >= 15 is 0 Å². The molecule has 2 aromatic rings. The van der Waals surface area contributed by atoms with Crippen LogP contribution in [0.15, 0.2) is 42.6 Å². The molecule has 23 heavy (non-hydrogen) atoms. The largest absolute Gasteiger partial charge is 0.383 e. The summed E-state index contributed by atoms with van der Waals surface area (Å²) in [6.07, 6.45) is 1.77. The third-order valence-electron chi connectivity index (χ3n) is 3.56. The highest BCUT2D eigenvalue weighted by molar-refractivity contribution is 5.97. The zero-order chi connectivity index (χ0) is 16.7. The minimum Gasteiger partial charge on any atom is -0.383 e. The zero-order valence-electron chi connectivity index (χ0n) is 13.8. The topological polar surface area (TPSA) is 63.2 Å². The first kappa shape index (κ1) is 17.0. The van der Waals surface area contributed by atoms with E-state index in [1.165, 1.54) is 0 Å². The first-order chi connectivity index (χ1) is 11.1. The molecule has 0 saturated carbocycles. The molecule has 0 aliphatic heterocycles. The molecule has 1 aromatic carbocycles. The van der Waals surface area contributed by atoms with Crippen LogP contribution >= 0.6 is 0 Å². The van der Waals surface area contributed by atoms with Crippen LogP contribution in [0.5, 0.6) is 0 Å². The Morgan fingerprint density at radius 2 is 2.09 bits per heavy atom. The van der Waals surface area contributed by atoms with Gasteiger partial charge in [-0.15, -0.1) is 0 Å². The highest BCUT2D eigenvalue weighted by Crippen LogP contribution is 2.19. The van der Waals surface area contributed by atoms with Gasteiger partial charge in [0, 0.05) is 30.6 Å². The van der Waals surface area contributed by atoms with Gasteiger partial charge >= 0.3 is 0 Å². The Kier molecular flexibility index (Phi) is 6.11. The molecule has 0 fully saturated rings. The summed E-state index contributed by atoms with van der Waals surface area (Å²) in [5.41, 5.74) is 3.47. The number of nitrogens with zero attached hydrogens (tertiary/aromatic N) is 1. The Hall–Kier alpha value is -2.40. The van der Waals surface area contributed by atoms with Crippen LogP contribution < -0.4 is 10.6 Å². The minimum absolute atomic E-state index is 0.0305. The molecule has 2 rings (SSSR count). The highest BCUT2D eigenvalue weighted by atomic mass is 16.5. The number of amides is 1. The van der Waals surface area contributed by atoms with Crippen molar-refractivity contribution in [1.82, 2.24) is 10.3 Å². The summed E-state index contributed by atoms with van der Waals surface area (Å²) in [5.74, 6) is -0.0893. The number of hydrogen-bond acceptors (Lipinski definition) is 4. The summed E-state index contributed by atoms with van der Waals surface area (Å²) in [7, 11) is 1.62. The van der Waals surface area contributed by atoms with Crippen molar-refractivity contribution >= 4 is 11.6 Å². The molecule has 0 radical (unpaired) electrons. The lowest BCUT2D eigenvalue weighted by molar-refractivity contribution is 0.0905. The molecule has 1 amide bonds. The Balaban J connectivity index is 2.07. The monoisotopic (exact) mass is 313 g/mol. The molecular weight excluding hydrogens is 290 g/mol. The molecule has 0 unspecified atom stereocenters. The van der Waals surface area contributed by atoms with E-state index in [4.69, 9.17) is 4.74 Å². The van der Waals surface area contributed by atoms with E-state index in [0.29, 0.717) is 18.7 Å². The number of benzene rings is 1. The van der Waals surface area contributed by atoms with Crippen molar-refractivity contribution in [3.63, 3.8) is 0 Å². The van der Waals surface area contributed by atoms with Crippen molar-refractivity contribution < 1.29 is 9.53 Å². The summed E-state index contributed by atoms with van der Waals surface area (Å²) < 4.78 is 5.05. The molecule has 0 aliphatic carbocycles. The minimum atomic E-state index is -0.0893. The van der Waals surface area contributed by atoms with Gasteiger partial charge in [-0.1, -0.05) is 12.1 Å². The quantitative estimate of drug-likeness (QED) is 0.825. The van der Waals surface area contributed by atoms with E-state index in [9.17, 15) is 4.79 Å². The maximum absolute atomic E-state index is 12.4. The van der Waals surface area contributed by atoms with Gasteiger partial charge in [0.15, 0.2) is 0 Å². The molecule has 122 valence electrons. The molecule has 2 N–H and O–H groups in total. The lowest BCUT2D eigenvalue weighted by atomic mass is 10.1. The molecule has 5 heteroatoms. The molecule has 1 aromatic heterocycles. The predicted molar refractivity (Wildman–Crippen MR) is 91.5 cm³/mol. The lowest BCUT2D eigenvalue weighted by Crippen LogP contribution is -2.36. The number of rotatable bonds is 7. The fraction of sp³-hybridized carbons (Fsp3) is 0.333. The van der Waals surface area contributed by atoms with Gasteiger partial charge in [0.2, 0.25) is 0 Å². The summed E-state index contributed by atoms with van der Waals surface area (Å²) >= 11 is 0. The maximum Gasteiger partial charge on any atom is 0.251 e. The molecule has 5 nitrogen and oxygen atoms in total. The smallest absolute Gasteiger partial charge is 0.251 e. The Labute approximate surface area is 137 Å². The number of ether oxygens (including phenoxy) is 1. The van der Waals surface area contributed by atoms with Gasteiger partial charge in [-0.3, -0.25) is 9.78 Å². The average molecular weight is 313 g/mol. The summed E-state index contributed by atoms with van der Waals surface area (Å²) in [6, 6.07) is 11.5.